The van der Waals surface area contributed by atoms with Crippen LogP contribution in [0.1, 0.15) is 18.5 Å². The van der Waals surface area contributed by atoms with E-state index >= 15 is 0 Å². The predicted molar refractivity (Wildman–Crippen MR) is 75.1 cm³/mol. The summed E-state index contributed by atoms with van der Waals surface area (Å²) in [4.78, 5) is 2.32. The molecule has 5 heteroatoms. The summed E-state index contributed by atoms with van der Waals surface area (Å²) in [5, 5.41) is 3.62. The zero-order valence-electron chi connectivity index (χ0n) is 11.3. The number of likely N-dealkylation sites (N-methyl/N-ethyl adjacent to an activating group) is 1. The minimum atomic E-state index is -0.295. The Morgan fingerprint density at radius 1 is 1.58 bits per heavy atom. The quantitative estimate of drug-likeness (QED) is 0.920. The van der Waals surface area contributed by atoms with Crippen LogP contribution in [0.4, 0.5) is 4.39 Å². The monoisotopic (exact) mass is 286 g/mol. The Morgan fingerprint density at radius 3 is 3.05 bits per heavy atom. The molecule has 1 aromatic carbocycles. The zero-order chi connectivity index (χ0) is 13.8. The minimum absolute atomic E-state index is 0.163. The average Bonchev–Trinajstić information content (AvgIpc) is 2.39. The lowest BCUT2D eigenvalue weighted by molar-refractivity contribution is -0.0393. The molecule has 0 aliphatic carbocycles. The highest BCUT2D eigenvalue weighted by Crippen LogP contribution is 2.29. The maximum Gasteiger partial charge on any atom is 0.124 e. The molecule has 1 heterocycles. The van der Waals surface area contributed by atoms with E-state index < -0.39 is 0 Å². The predicted octanol–water partition coefficient (Wildman–Crippen LogP) is 2.46. The zero-order valence-corrected chi connectivity index (χ0v) is 12.1. The van der Waals surface area contributed by atoms with Gasteiger partial charge >= 0.3 is 0 Å². The molecule has 1 aromatic rings. The molecule has 1 aliphatic rings. The fourth-order valence-corrected chi connectivity index (χ4v) is 2.81. The molecular formula is C14H20ClFN2O. The van der Waals surface area contributed by atoms with Crippen LogP contribution in [0.25, 0.3) is 0 Å². The number of nitrogens with zero attached hydrogens (tertiary/aromatic N) is 1. The van der Waals surface area contributed by atoms with E-state index in [0.29, 0.717) is 5.02 Å². The number of benzene rings is 1. The van der Waals surface area contributed by atoms with Gasteiger partial charge in [0.25, 0.3) is 0 Å². The maximum absolute atomic E-state index is 13.1. The van der Waals surface area contributed by atoms with Crippen LogP contribution >= 0.6 is 11.6 Å². The first-order chi connectivity index (χ1) is 9.11. The highest BCUT2D eigenvalue weighted by atomic mass is 35.5. The molecule has 2 rings (SSSR count). The summed E-state index contributed by atoms with van der Waals surface area (Å²) in [6.07, 6.45) is 0.195. The molecule has 0 saturated carbocycles. The van der Waals surface area contributed by atoms with Crippen molar-refractivity contribution in [2.45, 2.75) is 19.1 Å². The molecule has 1 saturated heterocycles. The van der Waals surface area contributed by atoms with E-state index in [9.17, 15) is 4.39 Å². The van der Waals surface area contributed by atoms with Gasteiger partial charge in [0.15, 0.2) is 0 Å². The number of halogens is 2. The second-order valence-corrected chi connectivity index (χ2v) is 5.29. The van der Waals surface area contributed by atoms with Crippen LogP contribution in [-0.4, -0.2) is 44.3 Å². The van der Waals surface area contributed by atoms with Gasteiger partial charge in [0.1, 0.15) is 5.82 Å². The van der Waals surface area contributed by atoms with Gasteiger partial charge in [0.2, 0.25) is 0 Å². The molecule has 0 radical (unpaired) electrons. The number of morpholine rings is 1. The van der Waals surface area contributed by atoms with Gasteiger partial charge in [-0.05, 0) is 31.7 Å². The molecule has 0 bridgehead atoms. The summed E-state index contributed by atoms with van der Waals surface area (Å²) < 4.78 is 18.8. The summed E-state index contributed by atoms with van der Waals surface area (Å²) in [7, 11) is 1.92. The van der Waals surface area contributed by atoms with Crippen LogP contribution in [0.15, 0.2) is 18.2 Å². The molecule has 1 N–H and O–H groups in total. The van der Waals surface area contributed by atoms with Gasteiger partial charge in [-0.25, -0.2) is 4.39 Å². The Hall–Kier alpha value is -0.680. The van der Waals surface area contributed by atoms with Crippen LogP contribution in [0.3, 0.4) is 0 Å². The lowest BCUT2D eigenvalue weighted by Crippen LogP contribution is -2.47. The third-order valence-electron chi connectivity index (χ3n) is 3.56. The number of rotatable bonds is 4. The fraction of sp³-hybridized carbons (Fsp3) is 0.571. The highest BCUT2D eigenvalue weighted by Gasteiger charge is 2.25. The van der Waals surface area contributed by atoms with Gasteiger partial charge in [0.05, 0.1) is 12.7 Å². The van der Waals surface area contributed by atoms with Gasteiger partial charge < -0.3 is 10.1 Å². The first-order valence-electron chi connectivity index (χ1n) is 6.57. The molecule has 2 atom stereocenters. The molecular weight excluding hydrogens is 267 g/mol. The second kappa shape index (κ2) is 6.66. The molecule has 2 unspecified atom stereocenters. The number of ether oxygens (including phenoxy) is 1. The van der Waals surface area contributed by atoms with Crippen molar-refractivity contribution in [3.05, 3.63) is 34.6 Å². The van der Waals surface area contributed by atoms with E-state index in [4.69, 9.17) is 16.3 Å². The normalized spacial score (nSPS) is 22.4. The number of hydrogen-bond donors (Lipinski definition) is 1. The van der Waals surface area contributed by atoms with E-state index in [2.05, 4.69) is 17.1 Å². The van der Waals surface area contributed by atoms with Gasteiger partial charge in [-0.15, -0.1) is 0 Å². The van der Waals surface area contributed by atoms with Gasteiger partial charge in [-0.2, -0.15) is 0 Å². The van der Waals surface area contributed by atoms with Crippen LogP contribution in [0, 0.1) is 5.82 Å². The first kappa shape index (κ1) is 14.7. The summed E-state index contributed by atoms with van der Waals surface area (Å²) >= 11 is 6.13. The highest BCUT2D eigenvalue weighted by molar-refractivity contribution is 6.31. The lowest BCUT2D eigenvalue weighted by Gasteiger charge is -2.37. The SMILES string of the molecule is CNCC1CN(C(C)c2ccc(F)cc2Cl)CCO1. The van der Waals surface area contributed by atoms with Gasteiger partial charge in [-0.3, -0.25) is 4.90 Å². The summed E-state index contributed by atoms with van der Waals surface area (Å²) in [5.41, 5.74) is 0.966. The van der Waals surface area contributed by atoms with E-state index in [1.807, 2.05) is 7.05 Å². The Kier molecular flexibility index (Phi) is 5.16. The Labute approximate surface area is 118 Å². The Morgan fingerprint density at radius 2 is 2.37 bits per heavy atom. The van der Waals surface area contributed by atoms with Gasteiger partial charge in [0, 0.05) is 30.7 Å². The molecule has 1 aliphatic heterocycles. The van der Waals surface area contributed by atoms with Crippen molar-refractivity contribution >= 4 is 11.6 Å². The van der Waals surface area contributed by atoms with Crippen molar-refractivity contribution in [1.82, 2.24) is 10.2 Å². The third-order valence-corrected chi connectivity index (χ3v) is 3.89. The summed E-state index contributed by atoms with van der Waals surface area (Å²) in [6, 6.07) is 4.77. The summed E-state index contributed by atoms with van der Waals surface area (Å²) in [5.74, 6) is -0.295. The van der Waals surface area contributed by atoms with E-state index in [1.54, 1.807) is 6.07 Å². The molecule has 19 heavy (non-hydrogen) atoms. The largest absolute Gasteiger partial charge is 0.374 e. The molecule has 0 spiro atoms. The molecule has 1 fully saturated rings. The van der Waals surface area contributed by atoms with Crippen LogP contribution < -0.4 is 5.32 Å². The van der Waals surface area contributed by atoms with Crippen molar-refractivity contribution in [2.75, 3.05) is 33.3 Å². The smallest absolute Gasteiger partial charge is 0.124 e. The third kappa shape index (κ3) is 3.66. The topological polar surface area (TPSA) is 24.5 Å². The fourth-order valence-electron chi connectivity index (χ4n) is 2.48. The maximum atomic E-state index is 13.1. The van der Waals surface area contributed by atoms with Crippen molar-refractivity contribution in [3.8, 4) is 0 Å². The van der Waals surface area contributed by atoms with Crippen molar-refractivity contribution in [3.63, 3.8) is 0 Å². The number of hydrogen-bond acceptors (Lipinski definition) is 3. The van der Waals surface area contributed by atoms with Gasteiger partial charge in [-0.1, -0.05) is 17.7 Å². The lowest BCUT2D eigenvalue weighted by atomic mass is 10.1. The molecule has 3 nitrogen and oxygen atoms in total. The standard InChI is InChI=1S/C14H20ClFN2O/c1-10(13-4-3-11(16)7-14(13)15)18-5-6-19-12(9-18)8-17-2/h3-4,7,10,12,17H,5-6,8-9H2,1-2H3. The average molecular weight is 287 g/mol. The first-order valence-corrected chi connectivity index (χ1v) is 6.95. The summed E-state index contributed by atoms with van der Waals surface area (Å²) in [6.45, 7) is 5.38. The molecule has 106 valence electrons. The molecule has 0 amide bonds. The van der Waals surface area contributed by atoms with Crippen molar-refractivity contribution < 1.29 is 9.13 Å². The van der Waals surface area contributed by atoms with E-state index in [0.717, 1.165) is 31.8 Å². The molecule has 0 aromatic heterocycles. The van der Waals surface area contributed by atoms with Crippen LogP contribution in [0.5, 0.6) is 0 Å². The Balaban J connectivity index is 2.07. The number of nitrogens with one attached hydrogen (secondary N) is 1. The van der Waals surface area contributed by atoms with Crippen LogP contribution in [0.2, 0.25) is 5.02 Å². The Bertz CT molecular complexity index is 428. The minimum Gasteiger partial charge on any atom is -0.374 e. The second-order valence-electron chi connectivity index (χ2n) is 4.89. The van der Waals surface area contributed by atoms with Crippen molar-refractivity contribution in [1.29, 1.82) is 0 Å². The van der Waals surface area contributed by atoms with E-state index in [-0.39, 0.29) is 18.0 Å². The van der Waals surface area contributed by atoms with E-state index in [1.165, 1.54) is 12.1 Å². The van der Waals surface area contributed by atoms with Crippen LogP contribution in [-0.2, 0) is 4.74 Å². The van der Waals surface area contributed by atoms with Crippen molar-refractivity contribution in [2.24, 2.45) is 0 Å².